The number of benzene rings is 3. The van der Waals surface area contributed by atoms with Gasteiger partial charge in [-0.3, -0.25) is 19.4 Å². The molecule has 3 aromatic rings. The molecule has 3 heterocycles. The van der Waals surface area contributed by atoms with E-state index in [-0.39, 0.29) is 11.5 Å². The van der Waals surface area contributed by atoms with Crippen LogP contribution in [0.15, 0.2) is 77.9 Å². The van der Waals surface area contributed by atoms with Crippen LogP contribution in [0.3, 0.4) is 0 Å². The number of imide groups is 1. The average molecular weight is 474 g/mol. The standard InChI is InChI=1S/C26H17ClFN3O3/c27-16-7-5-14(6-8-16)24(32)23-21-20(22-19-4-2-1-3-15(19)13-29-31(22)23)25(33)30(26(21)34)18-11-9-17(28)10-12-18/h1-13,20-23H/t20-,21+,22+,23-/m0/s1. The van der Waals surface area contributed by atoms with Gasteiger partial charge in [-0.05, 0) is 59.7 Å². The Labute approximate surface area is 199 Å². The van der Waals surface area contributed by atoms with E-state index in [4.69, 9.17) is 11.6 Å². The minimum atomic E-state index is -0.970. The van der Waals surface area contributed by atoms with Gasteiger partial charge in [0.1, 0.15) is 11.9 Å². The number of ketones is 1. The maximum absolute atomic E-state index is 13.7. The molecule has 34 heavy (non-hydrogen) atoms. The summed E-state index contributed by atoms with van der Waals surface area (Å²) < 4.78 is 13.5. The number of carbonyl (C=O) groups excluding carboxylic acids is 3. The highest BCUT2D eigenvalue weighted by Gasteiger charge is 2.65. The summed E-state index contributed by atoms with van der Waals surface area (Å²) in [7, 11) is 0. The van der Waals surface area contributed by atoms with Crippen LogP contribution in [0.4, 0.5) is 10.1 Å². The first kappa shape index (κ1) is 20.7. The zero-order valence-electron chi connectivity index (χ0n) is 17.6. The van der Waals surface area contributed by atoms with Crippen LogP contribution in [0.2, 0.25) is 5.02 Å². The van der Waals surface area contributed by atoms with E-state index in [2.05, 4.69) is 5.10 Å². The van der Waals surface area contributed by atoms with E-state index in [0.29, 0.717) is 10.6 Å². The zero-order chi connectivity index (χ0) is 23.6. The maximum Gasteiger partial charge on any atom is 0.240 e. The number of hydrazone groups is 1. The quantitative estimate of drug-likeness (QED) is 0.421. The minimum absolute atomic E-state index is 0.280. The Balaban J connectivity index is 1.49. The lowest BCUT2D eigenvalue weighted by Crippen LogP contribution is -2.44. The normalized spacial score (nSPS) is 24.8. The van der Waals surface area contributed by atoms with Gasteiger partial charge in [-0.25, -0.2) is 9.29 Å². The van der Waals surface area contributed by atoms with E-state index in [0.717, 1.165) is 16.0 Å². The first-order valence-electron chi connectivity index (χ1n) is 10.8. The highest BCUT2D eigenvalue weighted by Crippen LogP contribution is 2.53. The van der Waals surface area contributed by atoms with Crippen molar-refractivity contribution in [3.63, 3.8) is 0 Å². The summed E-state index contributed by atoms with van der Waals surface area (Å²) in [5, 5.41) is 6.62. The molecule has 2 amide bonds. The van der Waals surface area contributed by atoms with Crippen LogP contribution >= 0.6 is 11.6 Å². The van der Waals surface area contributed by atoms with Gasteiger partial charge in [-0.2, -0.15) is 5.10 Å². The number of amides is 2. The van der Waals surface area contributed by atoms with Crippen LogP contribution in [-0.4, -0.2) is 34.9 Å². The molecule has 3 aliphatic rings. The molecule has 0 bridgehead atoms. The fraction of sp³-hybridized carbons (Fsp3) is 0.154. The molecule has 0 aliphatic carbocycles. The molecule has 2 saturated heterocycles. The second kappa shape index (κ2) is 7.60. The van der Waals surface area contributed by atoms with Crippen molar-refractivity contribution in [2.24, 2.45) is 16.9 Å². The molecule has 0 N–H and O–H groups in total. The molecule has 4 atom stereocenters. The highest BCUT2D eigenvalue weighted by atomic mass is 35.5. The van der Waals surface area contributed by atoms with E-state index in [1.54, 1.807) is 35.5 Å². The molecule has 0 aromatic heterocycles. The van der Waals surface area contributed by atoms with Crippen LogP contribution in [0.5, 0.6) is 0 Å². The molecule has 3 aliphatic heterocycles. The Morgan fingerprint density at radius 2 is 1.56 bits per heavy atom. The van der Waals surface area contributed by atoms with Gasteiger partial charge in [0.05, 0.1) is 29.8 Å². The lowest BCUT2D eigenvalue weighted by atomic mass is 9.83. The summed E-state index contributed by atoms with van der Waals surface area (Å²) >= 11 is 6.00. The van der Waals surface area contributed by atoms with E-state index in [1.807, 2.05) is 24.3 Å². The molecule has 8 heteroatoms. The Morgan fingerprint density at radius 1 is 0.882 bits per heavy atom. The Kier molecular flexibility index (Phi) is 4.64. The number of fused-ring (bicyclic) bond motifs is 5. The monoisotopic (exact) mass is 473 g/mol. The predicted octanol–water partition coefficient (Wildman–Crippen LogP) is 4.24. The number of rotatable bonds is 3. The van der Waals surface area contributed by atoms with Crippen LogP contribution in [0.1, 0.15) is 27.5 Å². The van der Waals surface area contributed by atoms with Crippen LogP contribution in [-0.2, 0) is 9.59 Å². The van der Waals surface area contributed by atoms with Crippen LogP contribution in [0.25, 0.3) is 0 Å². The molecule has 3 aromatic carbocycles. The molecule has 6 rings (SSSR count). The van der Waals surface area contributed by atoms with Gasteiger partial charge < -0.3 is 0 Å². The smallest absolute Gasteiger partial charge is 0.240 e. The van der Waals surface area contributed by atoms with Crippen molar-refractivity contribution >= 4 is 41.1 Å². The topological polar surface area (TPSA) is 70.0 Å². The summed E-state index contributed by atoms with van der Waals surface area (Å²) in [5.41, 5.74) is 2.33. The van der Waals surface area contributed by atoms with E-state index in [1.165, 1.54) is 24.3 Å². The predicted molar refractivity (Wildman–Crippen MR) is 124 cm³/mol. The largest absolute Gasteiger partial charge is 0.292 e. The van der Waals surface area contributed by atoms with Crippen LogP contribution in [0, 0.1) is 17.7 Å². The highest BCUT2D eigenvalue weighted by molar-refractivity contribution is 6.30. The first-order chi connectivity index (χ1) is 16.5. The van der Waals surface area contributed by atoms with Gasteiger partial charge in [-0.1, -0.05) is 35.9 Å². The average Bonchev–Trinajstić information content (AvgIpc) is 3.32. The van der Waals surface area contributed by atoms with Gasteiger partial charge in [0.15, 0.2) is 5.78 Å². The lowest BCUT2D eigenvalue weighted by molar-refractivity contribution is -0.124. The summed E-state index contributed by atoms with van der Waals surface area (Å²) in [5.74, 6) is -3.44. The van der Waals surface area contributed by atoms with Crippen molar-refractivity contribution in [3.05, 3.63) is 100 Å². The molecule has 0 saturated carbocycles. The number of hydrogen-bond donors (Lipinski definition) is 0. The van der Waals surface area contributed by atoms with Gasteiger partial charge in [0.25, 0.3) is 0 Å². The summed E-state index contributed by atoms with van der Waals surface area (Å²) in [6.45, 7) is 0. The fourth-order valence-corrected chi connectivity index (χ4v) is 5.42. The van der Waals surface area contributed by atoms with Gasteiger partial charge in [0, 0.05) is 10.6 Å². The van der Waals surface area contributed by atoms with Crippen molar-refractivity contribution in [1.29, 1.82) is 0 Å². The Bertz CT molecular complexity index is 1370. The second-order valence-electron chi connectivity index (χ2n) is 8.55. The van der Waals surface area contributed by atoms with E-state index in [9.17, 15) is 18.8 Å². The number of nitrogens with zero attached hydrogens (tertiary/aromatic N) is 3. The summed E-state index contributed by atoms with van der Waals surface area (Å²) in [4.78, 5) is 42.2. The maximum atomic E-state index is 13.7. The van der Waals surface area contributed by atoms with Crippen molar-refractivity contribution < 1.29 is 18.8 Å². The zero-order valence-corrected chi connectivity index (χ0v) is 18.4. The van der Waals surface area contributed by atoms with Crippen molar-refractivity contribution in [2.45, 2.75) is 12.1 Å². The fourth-order valence-electron chi connectivity index (χ4n) is 5.30. The van der Waals surface area contributed by atoms with Crippen molar-refractivity contribution in [2.75, 3.05) is 4.90 Å². The molecule has 6 nitrogen and oxygen atoms in total. The first-order valence-corrected chi connectivity index (χ1v) is 11.2. The molecule has 0 spiro atoms. The van der Waals surface area contributed by atoms with Gasteiger partial charge in [-0.15, -0.1) is 0 Å². The number of hydrogen-bond acceptors (Lipinski definition) is 5. The van der Waals surface area contributed by atoms with E-state index < -0.39 is 41.6 Å². The number of halogens is 2. The molecule has 0 radical (unpaired) electrons. The summed E-state index contributed by atoms with van der Waals surface area (Å²) in [6.07, 6.45) is 1.65. The third-order valence-corrected chi connectivity index (χ3v) is 7.03. The Morgan fingerprint density at radius 3 is 2.29 bits per heavy atom. The number of anilines is 1. The Hall–Kier alpha value is -3.84. The number of carbonyl (C=O) groups is 3. The second-order valence-corrected chi connectivity index (χ2v) is 8.99. The SMILES string of the molecule is O=C(c1ccc(Cl)cc1)[C@@H]1[C@@H]2C(=O)N(c3ccc(F)cc3)C(=O)[C@@H]2[C@H]2c3ccccc3C=NN12. The molecule has 2 fully saturated rings. The summed E-state index contributed by atoms with van der Waals surface area (Å²) in [6, 6.07) is 17.6. The van der Waals surface area contributed by atoms with Gasteiger partial charge in [0.2, 0.25) is 11.8 Å². The third kappa shape index (κ3) is 2.93. The van der Waals surface area contributed by atoms with Gasteiger partial charge >= 0.3 is 0 Å². The number of Topliss-reactive ketones (excluding diaryl/α,β-unsaturated/α-hetero) is 1. The van der Waals surface area contributed by atoms with Crippen LogP contribution < -0.4 is 4.90 Å². The molecular formula is C26H17ClFN3O3. The molecular weight excluding hydrogens is 457 g/mol. The molecule has 168 valence electrons. The third-order valence-electron chi connectivity index (χ3n) is 6.78. The van der Waals surface area contributed by atoms with Crippen molar-refractivity contribution in [1.82, 2.24) is 5.01 Å². The van der Waals surface area contributed by atoms with E-state index >= 15 is 0 Å². The minimum Gasteiger partial charge on any atom is -0.292 e. The van der Waals surface area contributed by atoms with Crippen molar-refractivity contribution in [3.8, 4) is 0 Å². The lowest BCUT2D eigenvalue weighted by Gasteiger charge is -2.33. The molecule has 0 unspecified atom stereocenters.